The van der Waals surface area contributed by atoms with Crippen molar-refractivity contribution >= 4 is 34.8 Å². The molecule has 8 heteroatoms. The molecule has 2 N–H and O–H groups in total. The van der Waals surface area contributed by atoms with Crippen molar-refractivity contribution in [2.24, 2.45) is 0 Å². The van der Waals surface area contributed by atoms with Gasteiger partial charge in [-0.25, -0.2) is 9.97 Å². The third-order valence-corrected chi connectivity index (χ3v) is 4.84. The number of ether oxygens (including phenoxy) is 1. The summed E-state index contributed by atoms with van der Waals surface area (Å²) >= 11 is 12.3. The molecule has 0 spiro atoms. The molecular weight excluding hydrogens is 413 g/mol. The van der Waals surface area contributed by atoms with E-state index in [-0.39, 0.29) is 19.0 Å². The molecule has 0 unspecified atom stereocenters. The highest BCUT2D eigenvalue weighted by molar-refractivity contribution is 6.35. The minimum absolute atomic E-state index is 0.000906. The molecule has 0 saturated carbocycles. The predicted octanol–water partition coefficient (Wildman–Crippen LogP) is 4.69. The van der Waals surface area contributed by atoms with Gasteiger partial charge < -0.3 is 15.2 Å². The van der Waals surface area contributed by atoms with Gasteiger partial charge in [0.15, 0.2) is 0 Å². The lowest BCUT2D eigenvalue weighted by Crippen LogP contribution is -2.17. The number of nitrogens with zero attached hydrogens (tertiary/aromatic N) is 2. The van der Waals surface area contributed by atoms with Gasteiger partial charge in [-0.3, -0.25) is 4.79 Å². The van der Waals surface area contributed by atoms with Crippen molar-refractivity contribution in [3.8, 4) is 17.0 Å². The van der Waals surface area contributed by atoms with Crippen LogP contribution in [0.2, 0.25) is 10.0 Å². The Morgan fingerprint density at radius 1 is 1.17 bits per heavy atom. The van der Waals surface area contributed by atoms with Gasteiger partial charge in [0.25, 0.3) is 5.91 Å². The van der Waals surface area contributed by atoms with Gasteiger partial charge in [0.2, 0.25) is 5.82 Å². The molecule has 0 radical (unpaired) electrons. The monoisotopic (exact) mass is 431 g/mol. The van der Waals surface area contributed by atoms with Gasteiger partial charge in [-0.05, 0) is 49.7 Å². The first-order valence-electron chi connectivity index (χ1n) is 8.84. The lowest BCUT2D eigenvalue weighted by Gasteiger charge is -2.15. The Kier molecular flexibility index (Phi) is 6.69. The molecule has 29 heavy (non-hydrogen) atoms. The third kappa shape index (κ3) is 4.85. The van der Waals surface area contributed by atoms with Gasteiger partial charge in [-0.1, -0.05) is 29.3 Å². The van der Waals surface area contributed by atoms with Crippen LogP contribution in [0.4, 0.5) is 5.69 Å². The standard InChI is InChI=1S/C21H19Cl2N3O3/c1-12-3-6-18(29-10-9-27)13(2)19(12)26-21(28)20-24-8-7-17(25-20)15-11-14(22)4-5-16(15)23/h3-8,11,27H,9-10H2,1-2H3,(H,26,28). The Morgan fingerprint density at radius 3 is 2.72 bits per heavy atom. The molecule has 1 amide bonds. The molecule has 1 heterocycles. The molecule has 0 fully saturated rings. The highest BCUT2D eigenvalue weighted by atomic mass is 35.5. The summed E-state index contributed by atoms with van der Waals surface area (Å²) in [6, 6.07) is 10.3. The first kappa shape index (κ1) is 21.0. The van der Waals surface area contributed by atoms with Crippen LogP contribution < -0.4 is 10.1 Å². The molecule has 2 aromatic carbocycles. The van der Waals surface area contributed by atoms with Gasteiger partial charge in [0.1, 0.15) is 12.4 Å². The van der Waals surface area contributed by atoms with E-state index in [1.54, 1.807) is 30.3 Å². The number of aliphatic hydroxyl groups excluding tert-OH is 1. The number of halogens is 2. The van der Waals surface area contributed by atoms with Crippen LogP contribution >= 0.6 is 23.2 Å². The van der Waals surface area contributed by atoms with Crippen molar-refractivity contribution in [3.05, 3.63) is 69.6 Å². The molecule has 0 saturated heterocycles. The van der Waals surface area contributed by atoms with Crippen LogP contribution in [-0.2, 0) is 0 Å². The highest BCUT2D eigenvalue weighted by Gasteiger charge is 2.16. The topological polar surface area (TPSA) is 84.3 Å². The zero-order valence-corrected chi connectivity index (χ0v) is 17.4. The Labute approximate surface area is 178 Å². The molecule has 1 aromatic heterocycles. The van der Waals surface area contributed by atoms with Crippen LogP contribution in [0.1, 0.15) is 21.7 Å². The summed E-state index contributed by atoms with van der Waals surface area (Å²) in [6.45, 7) is 3.78. The number of amides is 1. The van der Waals surface area contributed by atoms with Gasteiger partial charge in [-0.15, -0.1) is 0 Å². The first-order chi connectivity index (χ1) is 13.9. The number of hydrogen-bond donors (Lipinski definition) is 2. The lowest BCUT2D eigenvalue weighted by atomic mass is 10.1. The van der Waals surface area contributed by atoms with E-state index in [1.807, 2.05) is 19.9 Å². The van der Waals surface area contributed by atoms with Gasteiger partial charge >= 0.3 is 0 Å². The Balaban J connectivity index is 1.90. The number of anilines is 1. The highest BCUT2D eigenvalue weighted by Crippen LogP contribution is 2.31. The minimum atomic E-state index is -0.462. The Hall–Kier alpha value is -2.67. The fourth-order valence-corrected chi connectivity index (χ4v) is 3.20. The van der Waals surface area contributed by atoms with E-state index in [9.17, 15) is 4.79 Å². The van der Waals surface area contributed by atoms with E-state index in [0.29, 0.717) is 32.7 Å². The third-order valence-electron chi connectivity index (χ3n) is 4.27. The summed E-state index contributed by atoms with van der Waals surface area (Å²) in [6.07, 6.45) is 1.50. The van der Waals surface area contributed by atoms with Crippen molar-refractivity contribution in [1.82, 2.24) is 9.97 Å². The molecule has 3 aromatic rings. The van der Waals surface area contributed by atoms with Crippen LogP contribution in [0, 0.1) is 13.8 Å². The summed E-state index contributed by atoms with van der Waals surface area (Å²) < 4.78 is 5.51. The second-order valence-electron chi connectivity index (χ2n) is 6.30. The number of carbonyl (C=O) groups is 1. The molecule has 6 nitrogen and oxygen atoms in total. The van der Waals surface area contributed by atoms with Crippen LogP contribution in [-0.4, -0.2) is 34.2 Å². The number of aromatic nitrogens is 2. The number of hydrogen-bond acceptors (Lipinski definition) is 5. The summed E-state index contributed by atoms with van der Waals surface area (Å²) in [5, 5.41) is 12.8. The molecule has 3 rings (SSSR count). The summed E-state index contributed by atoms with van der Waals surface area (Å²) in [5.74, 6) is 0.120. The van der Waals surface area contributed by atoms with Gasteiger partial charge in [0.05, 0.1) is 23.0 Å². The summed E-state index contributed by atoms with van der Waals surface area (Å²) in [5.41, 5.74) is 3.33. The smallest absolute Gasteiger partial charge is 0.293 e. The summed E-state index contributed by atoms with van der Waals surface area (Å²) in [4.78, 5) is 21.2. The number of rotatable bonds is 6. The maximum Gasteiger partial charge on any atom is 0.293 e. The number of aryl methyl sites for hydroxylation is 1. The molecule has 0 aliphatic heterocycles. The van der Waals surface area contributed by atoms with E-state index in [1.165, 1.54) is 6.20 Å². The van der Waals surface area contributed by atoms with E-state index >= 15 is 0 Å². The zero-order chi connectivity index (χ0) is 21.0. The van der Waals surface area contributed by atoms with Crippen molar-refractivity contribution in [2.75, 3.05) is 18.5 Å². The van der Waals surface area contributed by atoms with Crippen LogP contribution in [0.3, 0.4) is 0 Å². The van der Waals surface area contributed by atoms with E-state index in [2.05, 4.69) is 15.3 Å². The second kappa shape index (κ2) is 9.22. The largest absolute Gasteiger partial charge is 0.491 e. The van der Waals surface area contributed by atoms with Crippen LogP contribution in [0.25, 0.3) is 11.3 Å². The molecule has 150 valence electrons. The zero-order valence-electron chi connectivity index (χ0n) is 15.9. The van der Waals surface area contributed by atoms with Crippen LogP contribution in [0.5, 0.6) is 5.75 Å². The fraction of sp³-hybridized carbons (Fsp3) is 0.190. The summed E-state index contributed by atoms with van der Waals surface area (Å²) in [7, 11) is 0. The maximum absolute atomic E-state index is 12.8. The molecule has 0 bridgehead atoms. The number of aliphatic hydroxyl groups is 1. The molecular formula is C21H19Cl2N3O3. The maximum atomic E-state index is 12.8. The quantitative estimate of drug-likeness (QED) is 0.591. The SMILES string of the molecule is Cc1ccc(OCCO)c(C)c1NC(=O)c1nccc(-c2cc(Cl)ccc2Cl)n1. The van der Waals surface area contributed by atoms with Gasteiger partial charge in [0, 0.05) is 22.3 Å². The second-order valence-corrected chi connectivity index (χ2v) is 7.14. The molecule has 0 atom stereocenters. The van der Waals surface area contributed by atoms with Crippen molar-refractivity contribution < 1.29 is 14.6 Å². The van der Waals surface area contributed by atoms with Gasteiger partial charge in [-0.2, -0.15) is 0 Å². The van der Waals surface area contributed by atoms with Crippen LogP contribution in [0.15, 0.2) is 42.6 Å². The van der Waals surface area contributed by atoms with Crippen molar-refractivity contribution in [1.29, 1.82) is 0 Å². The minimum Gasteiger partial charge on any atom is -0.491 e. The number of benzene rings is 2. The predicted molar refractivity (Wildman–Crippen MR) is 114 cm³/mol. The Bertz CT molecular complexity index is 1060. The number of carbonyl (C=O) groups excluding carboxylic acids is 1. The number of nitrogens with one attached hydrogen (secondary N) is 1. The molecule has 0 aliphatic rings. The average molecular weight is 432 g/mol. The van der Waals surface area contributed by atoms with E-state index in [4.69, 9.17) is 33.0 Å². The first-order valence-corrected chi connectivity index (χ1v) is 9.60. The van der Waals surface area contributed by atoms with Crippen molar-refractivity contribution in [3.63, 3.8) is 0 Å². The Morgan fingerprint density at radius 2 is 1.97 bits per heavy atom. The lowest BCUT2D eigenvalue weighted by molar-refractivity contribution is 0.101. The van der Waals surface area contributed by atoms with E-state index in [0.717, 1.165) is 11.1 Å². The average Bonchev–Trinajstić information content (AvgIpc) is 2.72. The molecule has 0 aliphatic carbocycles. The van der Waals surface area contributed by atoms with E-state index < -0.39 is 5.91 Å². The van der Waals surface area contributed by atoms with Crippen molar-refractivity contribution in [2.45, 2.75) is 13.8 Å². The fourth-order valence-electron chi connectivity index (χ4n) is 2.81. The normalized spacial score (nSPS) is 10.7.